The van der Waals surface area contributed by atoms with Gasteiger partial charge in [-0.1, -0.05) is 27.3 Å². The zero-order chi connectivity index (χ0) is 21.2. The minimum atomic E-state index is -3.35. The molecule has 0 atom stereocenters. The Labute approximate surface area is 179 Å². The smallest absolute Gasteiger partial charge is 0.326 e. The maximum absolute atomic E-state index is 12.6. The molecule has 1 aromatic heterocycles. The highest BCUT2D eigenvalue weighted by Gasteiger charge is 2.14. The van der Waals surface area contributed by atoms with E-state index in [1.54, 1.807) is 11.5 Å². The van der Waals surface area contributed by atoms with Crippen LogP contribution in [0.4, 0.5) is 0 Å². The van der Waals surface area contributed by atoms with Gasteiger partial charge >= 0.3 is 5.97 Å². The Balaban J connectivity index is 2.06. The maximum Gasteiger partial charge on any atom is 0.326 e. The van der Waals surface area contributed by atoms with Crippen molar-refractivity contribution in [2.75, 3.05) is 12.9 Å². The number of aromatic nitrogens is 1. The summed E-state index contributed by atoms with van der Waals surface area (Å²) in [5.74, 6) is -0.963. The molecule has 0 saturated carbocycles. The second kappa shape index (κ2) is 8.60. The minimum Gasteiger partial charge on any atom is -0.465 e. The Bertz CT molecular complexity index is 1260. The van der Waals surface area contributed by atoms with Crippen LogP contribution in [0.1, 0.15) is 17.3 Å². The van der Waals surface area contributed by atoms with Crippen molar-refractivity contribution < 1.29 is 22.7 Å². The number of carbonyl (C=O) groups is 2. The average Bonchev–Trinajstić information content (AvgIpc) is 2.97. The van der Waals surface area contributed by atoms with Crippen LogP contribution in [0, 0.1) is 0 Å². The molecular formula is C19H17BrN2O5S2. The quantitative estimate of drug-likeness (QED) is 0.505. The van der Waals surface area contributed by atoms with Crippen molar-refractivity contribution in [1.29, 1.82) is 0 Å². The molecule has 0 bridgehead atoms. The van der Waals surface area contributed by atoms with Crippen molar-refractivity contribution in [3.63, 3.8) is 0 Å². The predicted octanol–water partition coefficient (Wildman–Crippen LogP) is 3.17. The summed E-state index contributed by atoms with van der Waals surface area (Å²) >= 11 is 4.68. The number of hydrogen-bond donors (Lipinski definition) is 0. The number of halogens is 1. The zero-order valence-corrected chi connectivity index (χ0v) is 18.8. The van der Waals surface area contributed by atoms with Crippen LogP contribution in [0.5, 0.6) is 0 Å². The molecule has 0 unspecified atom stereocenters. The summed E-state index contributed by atoms with van der Waals surface area (Å²) in [5.41, 5.74) is 1.00. The summed E-state index contributed by atoms with van der Waals surface area (Å²) in [5, 5.41) is 0. The molecule has 0 aliphatic heterocycles. The van der Waals surface area contributed by atoms with Crippen molar-refractivity contribution >= 4 is 59.2 Å². The Morgan fingerprint density at radius 3 is 2.48 bits per heavy atom. The van der Waals surface area contributed by atoms with Crippen LogP contribution in [0.2, 0.25) is 0 Å². The molecule has 0 fully saturated rings. The minimum absolute atomic E-state index is 0.0748. The molecule has 10 heteroatoms. The highest BCUT2D eigenvalue weighted by atomic mass is 79.9. The summed E-state index contributed by atoms with van der Waals surface area (Å²) in [6.45, 7) is 1.90. The molecule has 0 N–H and O–H groups in total. The van der Waals surface area contributed by atoms with Gasteiger partial charge in [0.05, 0.1) is 21.7 Å². The first kappa shape index (κ1) is 21.4. The Hall–Kier alpha value is -2.30. The van der Waals surface area contributed by atoms with Crippen molar-refractivity contribution in [3.8, 4) is 0 Å². The summed E-state index contributed by atoms with van der Waals surface area (Å²) < 4.78 is 31.5. The number of esters is 1. The molecule has 0 aliphatic carbocycles. The van der Waals surface area contributed by atoms with Crippen molar-refractivity contribution in [1.82, 2.24) is 4.57 Å². The molecule has 1 amide bonds. The number of sulfone groups is 1. The first-order valence-corrected chi connectivity index (χ1v) is 12.0. The Morgan fingerprint density at radius 2 is 1.86 bits per heavy atom. The number of carbonyl (C=O) groups excluding carboxylic acids is 2. The van der Waals surface area contributed by atoms with Gasteiger partial charge < -0.3 is 9.30 Å². The fourth-order valence-electron chi connectivity index (χ4n) is 2.62. The van der Waals surface area contributed by atoms with E-state index in [-0.39, 0.29) is 23.6 Å². The lowest BCUT2D eigenvalue weighted by molar-refractivity contribution is -0.143. The second-order valence-electron chi connectivity index (χ2n) is 6.10. The van der Waals surface area contributed by atoms with E-state index in [4.69, 9.17) is 4.74 Å². The molecule has 3 rings (SSSR count). The van der Waals surface area contributed by atoms with Gasteiger partial charge in [-0.25, -0.2) is 8.42 Å². The molecule has 1 heterocycles. The number of rotatable bonds is 5. The average molecular weight is 497 g/mol. The van der Waals surface area contributed by atoms with Gasteiger partial charge in [-0.15, -0.1) is 0 Å². The fourth-order valence-corrected chi connectivity index (χ4v) is 4.83. The van der Waals surface area contributed by atoms with Crippen LogP contribution >= 0.6 is 27.3 Å². The van der Waals surface area contributed by atoms with Crippen LogP contribution in [-0.2, 0) is 25.9 Å². The molecule has 0 spiro atoms. The predicted molar refractivity (Wildman–Crippen MR) is 114 cm³/mol. The molecule has 29 heavy (non-hydrogen) atoms. The molecule has 3 aromatic rings. The van der Waals surface area contributed by atoms with Gasteiger partial charge in [0.2, 0.25) is 0 Å². The van der Waals surface area contributed by atoms with E-state index in [1.807, 2.05) is 18.2 Å². The van der Waals surface area contributed by atoms with Gasteiger partial charge in [0.1, 0.15) is 6.54 Å². The Kier molecular flexibility index (Phi) is 6.35. The molecule has 152 valence electrons. The van der Waals surface area contributed by atoms with E-state index in [0.29, 0.717) is 4.80 Å². The van der Waals surface area contributed by atoms with Crippen LogP contribution < -0.4 is 4.80 Å². The van der Waals surface area contributed by atoms with Crippen molar-refractivity contribution in [3.05, 3.63) is 57.3 Å². The van der Waals surface area contributed by atoms with Gasteiger partial charge in [0, 0.05) is 16.3 Å². The van der Waals surface area contributed by atoms with Gasteiger partial charge in [-0.2, -0.15) is 4.99 Å². The summed E-state index contributed by atoms with van der Waals surface area (Å²) in [7, 11) is -3.35. The highest BCUT2D eigenvalue weighted by molar-refractivity contribution is 9.10. The summed E-state index contributed by atoms with van der Waals surface area (Å²) in [4.78, 5) is 29.3. The maximum atomic E-state index is 12.6. The molecular weight excluding hydrogens is 480 g/mol. The number of fused-ring (bicyclic) bond motifs is 1. The van der Waals surface area contributed by atoms with E-state index in [0.717, 1.165) is 20.9 Å². The van der Waals surface area contributed by atoms with Crippen molar-refractivity contribution in [2.45, 2.75) is 18.4 Å². The lowest BCUT2D eigenvalue weighted by atomic mass is 10.2. The van der Waals surface area contributed by atoms with Crippen LogP contribution in [0.25, 0.3) is 10.2 Å². The number of benzene rings is 2. The van der Waals surface area contributed by atoms with E-state index < -0.39 is 21.7 Å². The first-order chi connectivity index (χ1) is 13.7. The molecule has 0 radical (unpaired) electrons. The van der Waals surface area contributed by atoms with Crippen LogP contribution in [0.15, 0.2) is 56.8 Å². The SMILES string of the molecule is CCOC(=O)Cn1c(=NC(=O)c2ccc(S(C)(=O)=O)cc2)sc2cc(Br)ccc21. The van der Waals surface area contributed by atoms with Gasteiger partial charge in [0.15, 0.2) is 14.6 Å². The fraction of sp³-hybridized carbons (Fsp3) is 0.211. The van der Waals surface area contributed by atoms with Crippen LogP contribution in [0.3, 0.4) is 0 Å². The lowest BCUT2D eigenvalue weighted by Gasteiger charge is -2.05. The summed E-state index contributed by atoms with van der Waals surface area (Å²) in [6.07, 6.45) is 1.10. The zero-order valence-electron chi connectivity index (χ0n) is 15.6. The third kappa shape index (κ3) is 5.01. The van der Waals surface area contributed by atoms with Crippen molar-refractivity contribution in [2.24, 2.45) is 4.99 Å². The topological polar surface area (TPSA) is 94.8 Å². The van der Waals surface area contributed by atoms with E-state index >= 15 is 0 Å². The first-order valence-electron chi connectivity index (χ1n) is 8.52. The third-order valence-electron chi connectivity index (χ3n) is 3.96. The van der Waals surface area contributed by atoms with Gasteiger partial charge in [0.25, 0.3) is 5.91 Å². The largest absolute Gasteiger partial charge is 0.465 e. The number of nitrogens with zero attached hydrogens (tertiary/aromatic N) is 2. The third-order valence-corrected chi connectivity index (χ3v) is 6.63. The van der Waals surface area contributed by atoms with Crippen LogP contribution in [-0.4, -0.2) is 37.7 Å². The van der Waals surface area contributed by atoms with E-state index in [1.165, 1.54) is 35.6 Å². The Morgan fingerprint density at radius 1 is 1.17 bits per heavy atom. The highest BCUT2D eigenvalue weighted by Crippen LogP contribution is 2.22. The van der Waals surface area contributed by atoms with E-state index in [2.05, 4.69) is 20.9 Å². The molecule has 7 nitrogen and oxygen atoms in total. The number of ether oxygens (including phenoxy) is 1. The standard InChI is InChI=1S/C19H17BrN2O5S2/c1-3-27-17(23)11-22-15-9-6-13(20)10-16(15)28-19(22)21-18(24)12-4-7-14(8-5-12)29(2,25)26/h4-10H,3,11H2,1-2H3. The second-order valence-corrected chi connectivity index (χ2v) is 10.0. The lowest BCUT2D eigenvalue weighted by Crippen LogP contribution is -2.23. The number of hydrogen-bond acceptors (Lipinski definition) is 6. The van der Waals surface area contributed by atoms with Gasteiger partial charge in [-0.05, 0) is 49.4 Å². The molecule has 0 saturated heterocycles. The summed E-state index contributed by atoms with van der Waals surface area (Å²) in [6, 6.07) is 11.1. The normalized spacial score (nSPS) is 12.3. The number of amides is 1. The van der Waals surface area contributed by atoms with E-state index in [9.17, 15) is 18.0 Å². The molecule has 0 aliphatic rings. The number of thiazole rings is 1. The van der Waals surface area contributed by atoms with Gasteiger partial charge in [-0.3, -0.25) is 9.59 Å². The monoisotopic (exact) mass is 496 g/mol. The molecule has 2 aromatic carbocycles.